The summed E-state index contributed by atoms with van der Waals surface area (Å²) in [5.41, 5.74) is 1.24. The van der Waals surface area contributed by atoms with E-state index in [-0.39, 0.29) is 11.2 Å². The van der Waals surface area contributed by atoms with Crippen molar-refractivity contribution in [2.24, 2.45) is 0 Å². The van der Waals surface area contributed by atoms with Gasteiger partial charge in [-0.15, -0.1) is 10.2 Å². The van der Waals surface area contributed by atoms with Gasteiger partial charge in [-0.3, -0.25) is 4.79 Å². The molecule has 0 aliphatic carbocycles. The molecule has 9 heteroatoms. The number of thioether (sulfide) groups is 2. The van der Waals surface area contributed by atoms with Crippen LogP contribution in [0.1, 0.15) is 25.2 Å². The normalized spacial score (nSPS) is 11.9. The summed E-state index contributed by atoms with van der Waals surface area (Å²) in [6.07, 6.45) is 4.29. The lowest BCUT2D eigenvalue weighted by Crippen LogP contribution is -2.18. The Kier molecular flexibility index (Phi) is 8.06. The minimum Gasteiger partial charge on any atom is -0.465 e. The van der Waals surface area contributed by atoms with Crippen LogP contribution >= 0.6 is 23.5 Å². The summed E-state index contributed by atoms with van der Waals surface area (Å²) >= 11 is 2.88. The van der Waals surface area contributed by atoms with Gasteiger partial charge < -0.3 is 9.30 Å². The summed E-state index contributed by atoms with van der Waals surface area (Å²) in [5, 5.41) is 9.76. The van der Waals surface area contributed by atoms with Crippen molar-refractivity contribution in [2.75, 3.05) is 6.61 Å². The molecule has 0 saturated heterocycles. The molecule has 0 bridgehead atoms. The number of carbonyl (C=O) groups is 1. The molecule has 0 N–H and O–H groups in total. The van der Waals surface area contributed by atoms with Crippen molar-refractivity contribution < 1.29 is 9.53 Å². The van der Waals surface area contributed by atoms with Crippen LogP contribution in [0.4, 0.5) is 0 Å². The zero-order valence-electron chi connectivity index (χ0n) is 16.4. The van der Waals surface area contributed by atoms with Gasteiger partial charge in [-0.05, 0) is 31.9 Å². The average molecular weight is 430 g/mol. The van der Waals surface area contributed by atoms with Crippen molar-refractivity contribution in [3.63, 3.8) is 0 Å². The number of esters is 1. The topological polar surface area (TPSA) is 82.8 Å². The second-order valence-electron chi connectivity index (χ2n) is 6.12. The van der Waals surface area contributed by atoms with Crippen LogP contribution in [0.15, 0.2) is 59.1 Å². The maximum atomic E-state index is 12.0. The van der Waals surface area contributed by atoms with Gasteiger partial charge in [0.2, 0.25) is 0 Å². The largest absolute Gasteiger partial charge is 0.465 e. The van der Waals surface area contributed by atoms with E-state index in [0.29, 0.717) is 22.7 Å². The lowest BCUT2D eigenvalue weighted by Gasteiger charge is -2.13. The standard InChI is InChI=1S/C20H23N5O2S2/c1-3-27-18(26)15(2)29-20-24-23-17(14-28-19-21-11-7-12-22-19)25(20)13-10-16-8-5-4-6-9-16/h4-9,11-12,15H,3,10,13-14H2,1-2H3. The van der Waals surface area contributed by atoms with Gasteiger partial charge in [-0.1, -0.05) is 53.9 Å². The number of rotatable bonds is 10. The Labute approximate surface area is 178 Å². The highest BCUT2D eigenvalue weighted by Crippen LogP contribution is 2.26. The summed E-state index contributed by atoms with van der Waals surface area (Å²) in [7, 11) is 0. The zero-order chi connectivity index (χ0) is 20.5. The third-order valence-electron chi connectivity index (χ3n) is 4.03. The maximum Gasteiger partial charge on any atom is 0.319 e. The fourth-order valence-corrected chi connectivity index (χ4v) is 4.21. The Hall–Kier alpha value is -2.39. The number of aromatic nitrogens is 5. The van der Waals surface area contributed by atoms with E-state index < -0.39 is 0 Å². The van der Waals surface area contributed by atoms with Gasteiger partial charge in [0.1, 0.15) is 11.1 Å². The molecule has 1 atom stereocenters. The number of benzene rings is 1. The first kappa shape index (κ1) is 21.3. The molecule has 7 nitrogen and oxygen atoms in total. The molecule has 3 rings (SSSR count). The third-order valence-corrected chi connectivity index (χ3v) is 5.96. The van der Waals surface area contributed by atoms with Crippen molar-refractivity contribution in [2.45, 2.75) is 48.1 Å². The smallest absolute Gasteiger partial charge is 0.319 e. The van der Waals surface area contributed by atoms with Crippen LogP contribution < -0.4 is 0 Å². The van der Waals surface area contributed by atoms with Crippen LogP contribution in [0, 0.1) is 0 Å². The van der Waals surface area contributed by atoms with Gasteiger partial charge in [0.25, 0.3) is 0 Å². The minimum absolute atomic E-state index is 0.247. The van der Waals surface area contributed by atoms with Crippen molar-refractivity contribution in [1.29, 1.82) is 0 Å². The number of hydrogen-bond acceptors (Lipinski definition) is 8. The van der Waals surface area contributed by atoms with Crippen LogP contribution in [-0.4, -0.2) is 42.6 Å². The van der Waals surface area contributed by atoms with Gasteiger partial charge in [0.05, 0.1) is 12.4 Å². The minimum atomic E-state index is -0.354. The Bertz CT molecular complexity index is 906. The van der Waals surface area contributed by atoms with Gasteiger partial charge in [0, 0.05) is 18.9 Å². The van der Waals surface area contributed by atoms with Gasteiger partial charge >= 0.3 is 5.97 Å². The molecule has 1 aromatic carbocycles. The second kappa shape index (κ2) is 11.0. The predicted octanol–water partition coefficient (Wildman–Crippen LogP) is 3.65. The average Bonchev–Trinajstić information content (AvgIpc) is 3.13. The maximum absolute atomic E-state index is 12.0. The van der Waals surface area contributed by atoms with Crippen LogP contribution in [0.5, 0.6) is 0 Å². The van der Waals surface area contributed by atoms with E-state index in [1.807, 2.05) is 25.1 Å². The number of ether oxygens (including phenoxy) is 1. The molecule has 0 aliphatic heterocycles. The monoisotopic (exact) mass is 429 g/mol. The number of carbonyl (C=O) groups excluding carboxylic acids is 1. The van der Waals surface area contributed by atoms with E-state index >= 15 is 0 Å². The van der Waals surface area contributed by atoms with Crippen molar-refractivity contribution in [3.8, 4) is 0 Å². The molecule has 2 aromatic heterocycles. The highest BCUT2D eigenvalue weighted by Gasteiger charge is 2.21. The molecule has 0 aliphatic rings. The van der Waals surface area contributed by atoms with E-state index in [9.17, 15) is 4.79 Å². The summed E-state index contributed by atoms with van der Waals surface area (Å²) < 4.78 is 7.19. The summed E-state index contributed by atoms with van der Waals surface area (Å²) in [6.45, 7) is 4.72. The molecule has 152 valence electrons. The van der Waals surface area contributed by atoms with E-state index in [4.69, 9.17) is 4.74 Å². The molecule has 0 radical (unpaired) electrons. The van der Waals surface area contributed by atoms with Crippen LogP contribution in [0.2, 0.25) is 0 Å². The number of hydrogen-bond donors (Lipinski definition) is 0. The van der Waals surface area contributed by atoms with Crippen LogP contribution in [-0.2, 0) is 28.2 Å². The Morgan fingerprint density at radius 3 is 2.62 bits per heavy atom. The molecule has 0 amide bonds. The molecule has 3 aromatic rings. The van der Waals surface area contributed by atoms with Crippen LogP contribution in [0.3, 0.4) is 0 Å². The fraction of sp³-hybridized carbons (Fsp3) is 0.350. The van der Waals surface area contributed by atoms with Gasteiger partial charge in [-0.25, -0.2) is 9.97 Å². The summed E-state index contributed by atoms with van der Waals surface area (Å²) in [6, 6.07) is 12.1. The van der Waals surface area contributed by atoms with E-state index in [0.717, 1.165) is 18.8 Å². The third kappa shape index (κ3) is 6.30. The summed E-state index contributed by atoms with van der Waals surface area (Å²) in [5.74, 6) is 1.18. The van der Waals surface area contributed by atoms with Crippen molar-refractivity contribution >= 4 is 29.5 Å². The molecule has 1 unspecified atom stereocenters. The Morgan fingerprint density at radius 1 is 1.14 bits per heavy atom. The lowest BCUT2D eigenvalue weighted by molar-refractivity contribution is -0.142. The molecule has 0 fully saturated rings. The molecular weight excluding hydrogens is 406 g/mol. The lowest BCUT2D eigenvalue weighted by atomic mass is 10.1. The Balaban J connectivity index is 1.75. The quantitative estimate of drug-likeness (QED) is 0.274. The Morgan fingerprint density at radius 2 is 1.90 bits per heavy atom. The number of aryl methyl sites for hydroxylation is 1. The van der Waals surface area contributed by atoms with Crippen molar-refractivity contribution in [3.05, 3.63) is 60.2 Å². The highest BCUT2D eigenvalue weighted by molar-refractivity contribution is 8.00. The van der Waals surface area contributed by atoms with Gasteiger partial charge in [-0.2, -0.15) is 0 Å². The SMILES string of the molecule is CCOC(=O)C(C)Sc1nnc(CSc2ncccn2)n1CCc1ccccc1. The zero-order valence-corrected chi connectivity index (χ0v) is 18.0. The predicted molar refractivity (Wildman–Crippen MR) is 114 cm³/mol. The highest BCUT2D eigenvalue weighted by atomic mass is 32.2. The van der Waals surface area contributed by atoms with E-state index in [1.165, 1.54) is 29.1 Å². The second-order valence-corrected chi connectivity index (χ2v) is 8.37. The molecule has 29 heavy (non-hydrogen) atoms. The first-order valence-corrected chi connectivity index (χ1v) is 11.2. The molecule has 2 heterocycles. The first-order valence-electron chi connectivity index (χ1n) is 9.36. The van der Waals surface area contributed by atoms with E-state index in [1.54, 1.807) is 25.4 Å². The van der Waals surface area contributed by atoms with Gasteiger partial charge in [0.15, 0.2) is 10.3 Å². The van der Waals surface area contributed by atoms with Crippen molar-refractivity contribution in [1.82, 2.24) is 24.7 Å². The summed E-state index contributed by atoms with van der Waals surface area (Å²) in [4.78, 5) is 20.5. The number of nitrogens with zero attached hydrogens (tertiary/aromatic N) is 5. The molecule has 0 spiro atoms. The molecule has 0 saturated carbocycles. The van der Waals surface area contributed by atoms with E-state index in [2.05, 4.69) is 36.9 Å². The van der Waals surface area contributed by atoms with Crippen LogP contribution in [0.25, 0.3) is 0 Å². The molecular formula is C20H23N5O2S2. The first-order chi connectivity index (χ1) is 14.2. The fourth-order valence-electron chi connectivity index (χ4n) is 2.58.